The number of thioether (sulfide) groups is 1. The molecule has 1 rings (SSSR count). The van der Waals surface area contributed by atoms with Crippen molar-refractivity contribution in [3.8, 4) is 0 Å². The second-order valence-electron chi connectivity index (χ2n) is 3.58. The van der Waals surface area contributed by atoms with Crippen LogP contribution in [0.3, 0.4) is 0 Å². The van der Waals surface area contributed by atoms with Gasteiger partial charge >= 0.3 is 5.97 Å². The molecule has 0 unspecified atom stereocenters. The van der Waals surface area contributed by atoms with E-state index in [2.05, 4.69) is 0 Å². The van der Waals surface area contributed by atoms with E-state index in [1.807, 2.05) is 13.0 Å². The van der Waals surface area contributed by atoms with E-state index in [0.29, 0.717) is 5.56 Å². The fourth-order valence-electron chi connectivity index (χ4n) is 1.34. The van der Waals surface area contributed by atoms with Crippen molar-refractivity contribution in [1.82, 2.24) is 0 Å². The molecule has 0 aliphatic rings. The van der Waals surface area contributed by atoms with Gasteiger partial charge < -0.3 is 10.2 Å². The fraction of sp³-hybridized carbons (Fsp3) is 0.417. The average molecular weight is 240 g/mol. The summed E-state index contributed by atoms with van der Waals surface area (Å²) in [6.45, 7) is 2.15. The van der Waals surface area contributed by atoms with Crippen molar-refractivity contribution in [3.05, 3.63) is 34.9 Å². The minimum atomic E-state index is -0.886. The van der Waals surface area contributed by atoms with Gasteiger partial charge in [0, 0.05) is 12.4 Å². The highest BCUT2D eigenvalue weighted by Gasteiger charge is 2.05. The first-order chi connectivity index (χ1) is 7.65. The standard InChI is InChI=1S/C12H16O3S/c1-9-7-10(12(14)15)3-4-11(9)8-16-6-2-5-13/h3-4,7,13H,2,5-6,8H2,1H3,(H,14,15). The zero-order valence-corrected chi connectivity index (χ0v) is 10.1. The van der Waals surface area contributed by atoms with Gasteiger partial charge in [0.25, 0.3) is 0 Å². The summed E-state index contributed by atoms with van der Waals surface area (Å²) in [5.41, 5.74) is 2.51. The molecule has 1 aromatic rings. The van der Waals surface area contributed by atoms with Crippen LogP contribution in [0.4, 0.5) is 0 Å². The van der Waals surface area contributed by atoms with Crippen molar-refractivity contribution < 1.29 is 15.0 Å². The number of benzene rings is 1. The van der Waals surface area contributed by atoms with Gasteiger partial charge in [-0.25, -0.2) is 4.79 Å². The van der Waals surface area contributed by atoms with E-state index in [-0.39, 0.29) is 6.61 Å². The van der Waals surface area contributed by atoms with Crippen LogP contribution < -0.4 is 0 Å². The molecule has 4 heteroatoms. The van der Waals surface area contributed by atoms with Crippen LogP contribution in [0.2, 0.25) is 0 Å². The van der Waals surface area contributed by atoms with E-state index in [1.165, 1.54) is 0 Å². The third kappa shape index (κ3) is 3.87. The van der Waals surface area contributed by atoms with Gasteiger partial charge in [-0.05, 0) is 42.4 Å². The molecule has 0 aliphatic carbocycles. The van der Waals surface area contributed by atoms with Crippen molar-refractivity contribution in [3.63, 3.8) is 0 Å². The minimum Gasteiger partial charge on any atom is -0.478 e. The quantitative estimate of drug-likeness (QED) is 0.749. The molecule has 0 atom stereocenters. The number of aliphatic hydroxyl groups is 1. The van der Waals surface area contributed by atoms with Crippen LogP contribution in [0, 0.1) is 6.92 Å². The average Bonchev–Trinajstić information content (AvgIpc) is 2.26. The van der Waals surface area contributed by atoms with Crippen LogP contribution in [0.1, 0.15) is 27.9 Å². The Morgan fingerprint density at radius 1 is 1.44 bits per heavy atom. The Hall–Kier alpha value is -1.000. The third-order valence-electron chi connectivity index (χ3n) is 2.29. The number of carboxylic acid groups (broad SMARTS) is 1. The first-order valence-electron chi connectivity index (χ1n) is 5.16. The molecule has 0 saturated carbocycles. The van der Waals surface area contributed by atoms with Crippen LogP contribution in [-0.2, 0) is 5.75 Å². The van der Waals surface area contributed by atoms with Crippen LogP contribution >= 0.6 is 11.8 Å². The Kier molecular flexibility index (Phi) is 5.35. The smallest absolute Gasteiger partial charge is 0.335 e. The van der Waals surface area contributed by atoms with Crippen molar-refractivity contribution in [1.29, 1.82) is 0 Å². The molecule has 0 amide bonds. The maximum Gasteiger partial charge on any atom is 0.335 e. The molecule has 0 radical (unpaired) electrons. The van der Waals surface area contributed by atoms with Gasteiger partial charge in [0.1, 0.15) is 0 Å². The van der Waals surface area contributed by atoms with E-state index >= 15 is 0 Å². The normalized spacial score (nSPS) is 10.4. The van der Waals surface area contributed by atoms with Crippen molar-refractivity contribution in [2.24, 2.45) is 0 Å². The highest BCUT2D eigenvalue weighted by atomic mass is 32.2. The number of aliphatic hydroxyl groups excluding tert-OH is 1. The van der Waals surface area contributed by atoms with Crippen LogP contribution in [0.25, 0.3) is 0 Å². The van der Waals surface area contributed by atoms with E-state index in [0.717, 1.165) is 29.1 Å². The fourth-order valence-corrected chi connectivity index (χ4v) is 2.36. The summed E-state index contributed by atoms with van der Waals surface area (Å²) in [6, 6.07) is 5.20. The number of hydrogen-bond donors (Lipinski definition) is 2. The molecule has 16 heavy (non-hydrogen) atoms. The maximum absolute atomic E-state index is 10.7. The second-order valence-corrected chi connectivity index (χ2v) is 4.68. The molecule has 0 bridgehead atoms. The topological polar surface area (TPSA) is 57.5 Å². The Balaban J connectivity index is 2.57. The summed E-state index contributed by atoms with van der Waals surface area (Å²) in [7, 11) is 0. The number of aromatic carboxylic acids is 1. The molecule has 0 aromatic heterocycles. The van der Waals surface area contributed by atoms with E-state index in [9.17, 15) is 4.79 Å². The third-order valence-corrected chi connectivity index (χ3v) is 3.39. The van der Waals surface area contributed by atoms with E-state index in [1.54, 1.807) is 23.9 Å². The van der Waals surface area contributed by atoms with Crippen molar-refractivity contribution >= 4 is 17.7 Å². The molecular formula is C12H16O3S. The van der Waals surface area contributed by atoms with Gasteiger partial charge in [0.05, 0.1) is 5.56 Å². The first kappa shape index (κ1) is 13.1. The monoisotopic (exact) mass is 240 g/mol. The van der Waals surface area contributed by atoms with E-state index < -0.39 is 5.97 Å². The predicted molar refractivity (Wildman–Crippen MR) is 66.0 cm³/mol. The van der Waals surface area contributed by atoms with Crippen LogP contribution in [0.5, 0.6) is 0 Å². The lowest BCUT2D eigenvalue weighted by Crippen LogP contribution is -1.98. The summed E-state index contributed by atoms with van der Waals surface area (Å²) in [6.07, 6.45) is 0.803. The predicted octanol–water partition coefficient (Wildman–Crippen LogP) is 2.31. The largest absolute Gasteiger partial charge is 0.478 e. The van der Waals surface area contributed by atoms with Gasteiger partial charge in [0.2, 0.25) is 0 Å². The molecule has 3 nitrogen and oxygen atoms in total. The van der Waals surface area contributed by atoms with Crippen LogP contribution in [-0.4, -0.2) is 28.5 Å². The van der Waals surface area contributed by atoms with Crippen molar-refractivity contribution in [2.45, 2.75) is 19.1 Å². The summed E-state index contributed by atoms with van der Waals surface area (Å²) >= 11 is 1.75. The number of rotatable bonds is 6. The van der Waals surface area contributed by atoms with Gasteiger partial charge in [-0.3, -0.25) is 0 Å². The number of carbonyl (C=O) groups is 1. The van der Waals surface area contributed by atoms with Gasteiger partial charge in [0.15, 0.2) is 0 Å². The summed E-state index contributed by atoms with van der Waals surface area (Å²) in [5.74, 6) is 0.908. The van der Waals surface area contributed by atoms with Gasteiger partial charge in [-0.2, -0.15) is 11.8 Å². The molecule has 0 aliphatic heterocycles. The minimum absolute atomic E-state index is 0.226. The molecule has 1 aromatic carbocycles. The molecule has 2 N–H and O–H groups in total. The SMILES string of the molecule is Cc1cc(C(=O)O)ccc1CSCCCO. The molecule has 0 spiro atoms. The Labute approximate surface area is 99.5 Å². The Morgan fingerprint density at radius 3 is 2.75 bits per heavy atom. The zero-order valence-electron chi connectivity index (χ0n) is 9.27. The lowest BCUT2D eigenvalue weighted by molar-refractivity contribution is 0.0697. The van der Waals surface area contributed by atoms with Gasteiger partial charge in [-0.1, -0.05) is 6.07 Å². The first-order valence-corrected chi connectivity index (χ1v) is 6.32. The highest BCUT2D eigenvalue weighted by molar-refractivity contribution is 7.98. The molecule has 0 heterocycles. The molecule has 0 fully saturated rings. The second kappa shape index (κ2) is 6.55. The molecule has 88 valence electrons. The summed E-state index contributed by atoms with van der Waals surface area (Å²) in [4.78, 5) is 10.7. The Bertz CT molecular complexity index is 363. The zero-order chi connectivity index (χ0) is 12.0. The molecular weight excluding hydrogens is 224 g/mol. The van der Waals surface area contributed by atoms with Crippen LogP contribution in [0.15, 0.2) is 18.2 Å². The number of aryl methyl sites for hydroxylation is 1. The summed E-state index contributed by atoms with van der Waals surface area (Å²) < 4.78 is 0. The molecule has 0 saturated heterocycles. The van der Waals surface area contributed by atoms with E-state index in [4.69, 9.17) is 10.2 Å². The number of hydrogen-bond acceptors (Lipinski definition) is 3. The summed E-state index contributed by atoms with van der Waals surface area (Å²) in [5, 5.41) is 17.5. The number of carboxylic acids is 1. The Morgan fingerprint density at radius 2 is 2.19 bits per heavy atom. The highest BCUT2D eigenvalue weighted by Crippen LogP contribution is 2.18. The lowest BCUT2D eigenvalue weighted by Gasteiger charge is -2.06. The maximum atomic E-state index is 10.7. The van der Waals surface area contributed by atoms with Gasteiger partial charge in [-0.15, -0.1) is 0 Å². The lowest BCUT2D eigenvalue weighted by atomic mass is 10.1. The van der Waals surface area contributed by atoms with Crippen molar-refractivity contribution in [2.75, 3.05) is 12.4 Å².